The summed E-state index contributed by atoms with van der Waals surface area (Å²) in [5.41, 5.74) is 0.955. The lowest BCUT2D eigenvalue weighted by Crippen LogP contribution is -2.22. The Morgan fingerprint density at radius 1 is 0.897 bits per heavy atom. The third-order valence-corrected chi connectivity index (χ3v) is 6.46. The van der Waals surface area contributed by atoms with E-state index < -0.39 is 15.3 Å². The molecule has 1 amide bonds. The van der Waals surface area contributed by atoms with Crippen LogP contribution in [0.5, 0.6) is 0 Å². The summed E-state index contributed by atoms with van der Waals surface area (Å²) in [6, 6.07) is 20.5. The van der Waals surface area contributed by atoms with Crippen LogP contribution in [0.4, 0.5) is 15.8 Å². The van der Waals surface area contributed by atoms with Crippen molar-refractivity contribution in [3.63, 3.8) is 0 Å². The molecule has 1 atom stereocenters. The number of sulfonamides is 1. The van der Waals surface area contributed by atoms with Crippen molar-refractivity contribution in [2.24, 2.45) is 0 Å². The number of hydrogen-bond acceptors (Lipinski definition) is 4. The number of carbonyl (C=O) groups is 1. The van der Waals surface area contributed by atoms with E-state index >= 15 is 0 Å². The highest BCUT2D eigenvalue weighted by atomic mass is 32.2. The average Bonchev–Trinajstić information content (AvgIpc) is 2.71. The van der Waals surface area contributed by atoms with Gasteiger partial charge in [0.2, 0.25) is 5.91 Å². The normalized spacial score (nSPS) is 12.2. The molecule has 0 aromatic heterocycles. The predicted octanol–water partition coefficient (Wildman–Crippen LogP) is 4.75. The Morgan fingerprint density at radius 2 is 1.48 bits per heavy atom. The van der Waals surface area contributed by atoms with Gasteiger partial charge in [0.15, 0.2) is 0 Å². The lowest BCUT2D eigenvalue weighted by molar-refractivity contribution is -0.115. The van der Waals surface area contributed by atoms with Crippen LogP contribution in [0.3, 0.4) is 0 Å². The van der Waals surface area contributed by atoms with Gasteiger partial charge in [-0.2, -0.15) is 0 Å². The quantitative estimate of drug-likeness (QED) is 0.531. The zero-order valence-electron chi connectivity index (χ0n) is 15.5. The molecule has 3 rings (SSSR count). The molecule has 0 aliphatic carbocycles. The zero-order chi connectivity index (χ0) is 20.9. The van der Waals surface area contributed by atoms with E-state index in [0.29, 0.717) is 11.4 Å². The molecular weight excluding hydrogens is 411 g/mol. The SMILES string of the molecule is CC(Sc1ccc(NS(=O)(=O)c2ccccc2)cc1)C(=O)Nc1ccc(F)cc1. The highest BCUT2D eigenvalue weighted by Crippen LogP contribution is 2.26. The molecule has 0 heterocycles. The van der Waals surface area contributed by atoms with Crippen molar-refractivity contribution in [3.05, 3.63) is 84.7 Å². The van der Waals surface area contributed by atoms with E-state index in [2.05, 4.69) is 10.0 Å². The van der Waals surface area contributed by atoms with E-state index in [1.165, 1.54) is 48.2 Å². The maximum atomic E-state index is 12.9. The topological polar surface area (TPSA) is 75.3 Å². The lowest BCUT2D eigenvalue weighted by Gasteiger charge is -2.13. The number of amides is 1. The van der Waals surface area contributed by atoms with Gasteiger partial charge in [-0.3, -0.25) is 9.52 Å². The Labute approximate surface area is 173 Å². The van der Waals surface area contributed by atoms with Crippen molar-refractivity contribution in [1.82, 2.24) is 0 Å². The van der Waals surface area contributed by atoms with E-state index in [0.717, 1.165) is 4.90 Å². The largest absolute Gasteiger partial charge is 0.325 e. The fraction of sp³-hybridized carbons (Fsp3) is 0.0952. The van der Waals surface area contributed by atoms with Crippen molar-refractivity contribution < 1.29 is 17.6 Å². The van der Waals surface area contributed by atoms with Crippen molar-refractivity contribution in [3.8, 4) is 0 Å². The molecule has 150 valence electrons. The average molecular weight is 431 g/mol. The van der Waals surface area contributed by atoms with Crippen LogP contribution in [0.15, 0.2) is 88.7 Å². The second kappa shape index (κ2) is 9.11. The number of rotatable bonds is 7. The number of carbonyl (C=O) groups excluding carboxylic acids is 1. The second-order valence-corrected chi connectivity index (χ2v) is 9.30. The summed E-state index contributed by atoms with van der Waals surface area (Å²) in [4.78, 5) is 13.3. The Kier molecular flexibility index (Phi) is 6.56. The number of nitrogens with one attached hydrogen (secondary N) is 2. The van der Waals surface area contributed by atoms with Crippen molar-refractivity contribution in [2.45, 2.75) is 22.0 Å². The molecule has 1 unspecified atom stereocenters. The van der Waals surface area contributed by atoms with Gasteiger partial charge in [0, 0.05) is 16.3 Å². The molecular formula is C21H19FN2O3S2. The Morgan fingerprint density at radius 3 is 2.10 bits per heavy atom. The van der Waals surface area contributed by atoms with Crippen LogP contribution in [0, 0.1) is 5.82 Å². The van der Waals surface area contributed by atoms with Crippen LogP contribution in [-0.4, -0.2) is 19.6 Å². The minimum absolute atomic E-state index is 0.185. The zero-order valence-corrected chi connectivity index (χ0v) is 17.1. The molecule has 3 aromatic carbocycles. The number of thioether (sulfide) groups is 1. The van der Waals surface area contributed by atoms with Gasteiger partial charge in [0.1, 0.15) is 5.82 Å². The first-order chi connectivity index (χ1) is 13.8. The fourth-order valence-electron chi connectivity index (χ4n) is 2.45. The van der Waals surface area contributed by atoms with Gasteiger partial charge in [-0.1, -0.05) is 18.2 Å². The molecule has 0 aliphatic rings. The highest BCUT2D eigenvalue weighted by molar-refractivity contribution is 8.00. The minimum atomic E-state index is -3.65. The van der Waals surface area contributed by atoms with Crippen LogP contribution < -0.4 is 10.0 Å². The first-order valence-corrected chi connectivity index (χ1v) is 11.1. The highest BCUT2D eigenvalue weighted by Gasteiger charge is 2.16. The third kappa shape index (κ3) is 5.82. The molecule has 0 saturated carbocycles. The summed E-state index contributed by atoms with van der Waals surface area (Å²) >= 11 is 1.33. The van der Waals surface area contributed by atoms with Gasteiger partial charge < -0.3 is 5.32 Å². The van der Waals surface area contributed by atoms with Crippen LogP contribution in [0.25, 0.3) is 0 Å². The smallest absolute Gasteiger partial charge is 0.261 e. The summed E-state index contributed by atoms with van der Waals surface area (Å²) in [7, 11) is -3.65. The molecule has 29 heavy (non-hydrogen) atoms. The standard InChI is InChI=1S/C21H19FN2O3S2/c1-15(21(25)23-17-9-7-16(22)8-10-17)28-19-13-11-18(12-14-19)24-29(26,27)20-5-3-2-4-6-20/h2-15,24H,1H3,(H,23,25). The van der Waals surface area contributed by atoms with Gasteiger partial charge in [0.25, 0.3) is 10.0 Å². The Hall–Kier alpha value is -2.84. The van der Waals surface area contributed by atoms with Crippen LogP contribution in [0.2, 0.25) is 0 Å². The van der Waals surface area contributed by atoms with Gasteiger partial charge >= 0.3 is 0 Å². The third-order valence-electron chi connectivity index (χ3n) is 3.95. The molecule has 0 saturated heterocycles. The molecule has 5 nitrogen and oxygen atoms in total. The number of anilines is 2. The van der Waals surface area contributed by atoms with Gasteiger partial charge in [-0.25, -0.2) is 12.8 Å². The first-order valence-electron chi connectivity index (χ1n) is 8.74. The van der Waals surface area contributed by atoms with E-state index in [1.54, 1.807) is 49.4 Å². The van der Waals surface area contributed by atoms with E-state index in [9.17, 15) is 17.6 Å². The summed E-state index contributed by atoms with van der Waals surface area (Å²) in [6.07, 6.45) is 0. The van der Waals surface area contributed by atoms with Crippen LogP contribution in [-0.2, 0) is 14.8 Å². The first kappa shape index (κ1) is 20.9. The van der Waals surface area contributed by atoms with Gasteiger partial charge in [0.05, 0.1) is 10.1 Å². The molecule has 0 bridgehead atoms. The molecule has 8 heteroatoms. The summed E-state index contributed by atoms with van der Waals surface area (Å²) in [6.45, 7) is 1.76. The molecule has 3 aromatic rings. The number of halogens is 1. The van der Waals surface area contributed by atoms with E-state index in [-0.39, 0.29) is 16.6 Å². The van der Waals surface area contributed by atoms with E-state index in [1.807, 2.05) is 0 Å². The van der Waals surface area contributed by atoms with Gasteiger partial charge in [-0.15, -0.1) is 11.8 Å². The maximum Gasteiger partial charge on any atom is 0.261 e. The molecule has 0 spiro atoms. The molecule has 0 radical (unpaired) electrons. The number of hydrogen-bond donors (Lipinski definition) is 2. The predicted molar refractivity (Wildman–Crippen MR) is 114 cm³/mol. The van der Waals surface area contributed by atoms with Crippen molar-refractivity contribution in [1.29, 1.82) is 0 Å². The molecule has 2 N–H and O–H groups in total. The monoisotopic (exact) mass is 430 g/mol. The van der Waals surface area contributed by atoms with Crippen molar-refractivity contribution in [2.75, 3.05) is 10.0 Å². The summed E-state index contributed by atoms with van der Waals surface area (Å²) in [5, 5.41) is 2.34. The lowest BCUT2D eigenvalue weighted by atomic mass is 10.3. The second-order valence-electron chi connectivity index (χ2n) is 6.20. The minimum Gasteiger partial charge on any atom is -0.325 e. The summed E-state index contributed by atoms with van der Waals surface area (Å²) < 4.78 is 40.2. The van der Waals surface area contributed by atoms with Gasteiger partial charge in [-0.05, 0) is 67.6 Å². The Bertz CT molecular complexity index is 1070. The van der Waals surface area contributed by atoms with Crippen molar-refractivity contribution >= 4 is 39.1 Å². The summed E-state index contributed by atoms with van der Waals surface area (Å²) in [5.74, 6) is -0.580. The van der Waals surface area contributed by atoms with Crippen LogP contribution >= 0.6 is 11.8 Å². The van der Waals surface area contributed by atoms with E-state index in [4.69, 9.17) is 0 Å². The van der Waals surface area contributed by atoms with Crippen LogP contribution in [0.1, 0.15) is 6.92 Å². The Balaban J connectivity index is 1.59. The maximum absolute atomic E-state index is 12.9. The molecule has 0 aliphatic heterocycles. The molecule has 0 fully saturated rings. The number of benzene rings is 3. The fourth-order valence-corrected chi connectivity index (χ4v) is 4.40.